The van der Waals surface area contributed by atoms with Crippen LogP contribution < -0.4 is 10.1 Å². The molecule has 0 heterocycles. The largest absolute Gasteiger partial charge is 0.483 e. The lowest BCUT2D eigenvalue weighted by Gasteiger charge is -2.30. The zero-order chi connectivity index (χ0) is 23.9. The van der Waals surface area contributed by atoms with Crippen LogP contribution in [0, 0.1) is 6.92 Å². The van der Waals surface area contributed by atoms with Gasteiger partial charge in [0.1, 0.15) is 11.8 Å². The Bertz CT molecular complexity index is 917. The maximum atomic E-state index is 13.3. The van der Waals surface area contributed by atoms with Crippen LogP contribution in [0.4, 0.5) is 0 Å². The molecule has 0 aliphatic heterocycles. The van der Waals surface area contributed by atoms with E-state index in [1.54, 1.807) is 11.8 Å². The van der Waals surface area contributed by atoms with Crippen LogP contribution >= 0.6 is 0 Å². The van der Waals surface area contributed by atoms with Crippen LogP contribution in [0.15, 0.2) is 48.5 Å². The first kappa shape index (κ1) is 25.4. The van der Waals surface area contributed by atoms with E-state index in [4.69, 9.17) is 4.74 Å². The first-order chi connectivity index (χ1) is 15.0. The molecule has 0 aromatic heterocycles. The van der Waals surface area contributed by atoms with Crippen molar-refractivity contribution in [2.75, 3.05) is 6.61 Å². The van der Waals surface area contributed by atoms with Crippen LogP contribution in [0.3, 0.4) is 0 Å². The van der Waals surface area contributed by atoms with Crippen LogP contribution in [0.25, 0.3) is 0 Å². The minimum Gasteiger partial charge on any atom is -0.483 e. The second-order valence-electron chi connectivity index (χ2n) is 9.54. The Morgan fingerprint density at radius 2 is 1.75 bits per heavy atom. The van der Waals surface area contributed by atoms with Crippen molar-refractivity contribution in [2.24, 2.45) is 0 Å². The summed E-state index contributed by atoms with van der Waals surface area (Å²) < 4.78 is 5.98. The second kappa shape index (κ2) is 11.2. The fraction of sp³-hybridized carbons (Fsp3) is 0.481. The summed E-state index contributed by atoms with van der Waals surface area (Å²) in [4.78, 5) is 27.7. The van der Waals surface area contributed by atoms with Gasteiger partial charge in [0.25, 0.3) is 5.91 Å². The molecular weight excluding hydrogens is 400 g/mol. The van der Waals surface area contributed by atoms with E-state index in [1.807, 2.05) is 69.3 Å². The monoisotopic (exact) mass is 438 g/mol. The van der Waals surface area contributed by atoms with Crippen LogP contribution in [0.1, 0.15) is 64.7 Å². The molecule has 0 bridgehead atoms. The molecule has 0 unspecified atom stereocenters. The molecule has 2 aromatic carbocycles. The fourth-order valence-corrected chi connectivity index (χ4v) is 3.49. The number of amides is 2. The van der Waals surface area contributed by atoms with Gasteiger partial charge < -0.3 is 15.0 Å². The van der Waals surface area contributed by atoms with E-state index in [-0.39, 0.29) is 29.9 Å². The van der Waals surface area contributed by atoms with E-state index in [1.165, 1.54) is 0 Å². The highest BCUT2D eigenvalue weighted by Crippen LogP contribution is 2.31. The number of aryl methyl sites for hydroxylation is 1. The number of nitrogens with zero attached hydrogens (tertiary/aromatic N) is 1. The van der Waals surface area contributed by atoms with Crippen LogP contribution in [-0.4, -0.2) is 35.4 Å². The van der Waals surface area contributed by atoms with E-state index in [0.29, 0.717) is 12.3 Å². The number of benzene rings is 2. The summed E-state index contributed by atoms with van der Waals surface area (Å²) in [6.07, 6.45) is 0.830. The average molecular weight is 439 g/mol. The van der Waals surface area contributed by atoms with Gasteiger partial charge in [-0.25, -0.2) is 0 Å². The van der Waals surface area contributed by atoms with Crippen molar-refractivity contribution in [1.29, 1.82) is 0 Å². The van der Waals surface area contributed by atoms with Gasteiger partial charge in [-0.05, 0) is 49.8 Å². The molecule has 5 heteroatoms. The van der Waals surface area contributed by atoms with Gasteiger partial charge in [-0.2, -0.15) is 0 Å². The van der Waals surface area contributed by atoms with E-state index in [2.05, 4.69) is 26.1 Å². The van der Waals surface area contributed by atoms with Crippen molar-refractivity contribution < 1.29 is 14.3 Å². The quantitative estimate of drug-likeness (QED) is 0.599. The fourth-order valence-electron chi connectivity index (χ4n) is 3.49. The highest BCUT2D eigenvalue weighted by Gasteiger charge is 2.28. The Morgan fingerprint density at radius 3 is 2.38 bits per heavy atom. The number of ether oxygens (including phenoxy) is 1. The van der Waals surface area contributed by atoms with Crippen LogP contribution in [0.5, 0.6) is 5.75 Å². The number of nitrogens with one attached hydrogen (secondary N) is 1. The summed E-state index contributed by atoms with van der Waals surface area (Å²) in [5.41, 5.74) is 3.03. The molecule has 0 aliphatic rings. The molecule has 2 amide bonds. The van der Waals surface area contributed by atoms with Gasteiger partial charge in [0, 0.05) is 12.6 Å². The van der Waals surface area contributed by atoms with Crippen molar-refractivity contribution in [3.8, 4) is 5.75 Å². The average Bonchev–Trinajstić information content (AvgIpc) is 2.74. The van der Waals surface area contributed by atoms with E-state index in [0.717, 1.165) is 23.1 Å². The third kappa shape index (κ3) is 7.11. The minimum atomic E-state index is -0.613. The van der Waals surface area contributed by atoms with Crippen LogP contribution in [-0.2, 0) is 21.5 Å². The summed E-state index contributed by atoms with van der Waals surface area (Å²) in [7, 11) is 0. The summed E-state index contributed by atoms with van der Waals surface area (Å²) in [6, 6.07) is 15.2. The zero-order valence-corrected chi connectivity index (χ0v) is 20.6. The molecule has 32 heavy (non-hydrogen) atoms. The number of para-hydroxylation sites is 1. The molecular formula is C27H38N2O3. The Hall–Kier alpha value is -2.82. The third-order valence-electron chi connectivity index (χ3n) is 5.65. The number of carbonyl (C=O) groups excluding carboxylic acids is 2. The summed E-state index contributed by atoms with van der Waals surface area (Å²) in [5.74, 6) is 0.318. The molecule has 0 saturated heterocycles. The van der Waals surface area contributed by atoms with Crippen molar-refractivity contribution in [3.63, 3.8) is 0 Å². The molecule has 0 fully saturated rings. The number of rotatable bonds is 9. The van der Waals surface area contributed by atoms with E-state index >= 15 is 0 Å². The maximum Gasteiger partial charge on any atom is 0.261 e. The SMILES string of the molecule is CC[C@@H](C)NC(=O)[C@@H](C)N(Cc1cccc(C)c1)C(=O)COc1ccccc1C(C)(C)C. The number of carbonyl (C=O) groups is 2. The molecule has 2 aromatic rings. The third-order valence-corrected chi connectivity index (χ3v) is 5.65. The smallest absolute Gasteiger partial charge is 0.261 e. The lowest BCUT2D eigenvalue weighted by atomic mass is 9.86. The van der Waals surface area contributed by atoms with Gasteiger partial charge in [-0.1, -0.05) is 75.7 Å². The summed E-state index contributed by atoms with van der Waals surface area (Å²) in [6.45, 7) is 14.3. The summed E-state index contributed by atoms with van der Waals surface area (Å²) >= 11 is 0. The first-order valence-corrected chi connectivity index (χ1v) is 11.4. The molecule has 0 radical (unpaired) electrons. The van der Waals surface area contributed by atoms with Crippen molar-refractivity contribution in [2.45, 2.75) is 78.9 Å². The minimum absolute atomic E-state index is 0.0517. The van der Waals surface area contributed by atoms with Gasteiger partial charge in [0.15, 0.2) is 6.61 Å². The van der Waals surface area contributed by atoms with Gasteiger partial charge >= 0.3 is 0 Å². The van der Waals surface area contributed by atoms with E-state index in [9.17, 15) is 9.59 Å². The molecule has 5 nitrogen and oxygen atoms in total. The molecule has 1 N–H and O–H groups in total. The highest BCUT2D eigenvalue weighted by atomic mass is 16.5. The Balaban J connectivity index is 2.23. The zero-order valence-electron chi connectivity index (χ0n) is 20.6. The predicted octanol–water partition coefficient (Wildman–Crippen LogP) is 5.00. The number of hydrogen-bond donors (Lipinski definition) is 1. The normalized spacial score (nSPS) is 13.2. The van der Waals surface area contributed by atoms with Crippen molar-refractivity contribution in [1.82, 2.24) is 10.2 Å². The highest BCUT2D eigenvalue weighted by molar-refractivity contribution is 5.88. The molecule has 0 spiro atoms. The predicted molar refractivity (Wildman–Crippen MR) is 130 cm³/mol. The first-order valence-electron chi connectivity index (χ1n) is 11.4. The molecule has 2 rings (SSSR count). The lowest BCUT2D eigenvalue weighted by Crippen LogP contribution is -2.50. The lowest BCUT2D eigenvalue weighted by molar-refractivity contribution is -0.142. The summed E-state index contributed by atoms with van der Waals surface area (Å²) in [5, 5.41) is 2.99. The van der Waals surface area contributed by atoms with Gasteiger partial charge in [0.2, 0.25) is 5.91 Å². The standard InChI is InChI=1S/C27H38N2O3/c1-8-20(3)28-26(31)21(4)29(17-22-13-11-12-19(2)16-22)25(30)18-32-24-15-10-9-14-23(24)27(5,6)7/h9-16,20-21H,8,17-18H2,1-7H3,(H,28,31)/t20-,21-/m1/s1. The van der Waals surface area contributed by atoms with Gasteiger partial charge in [-0.15, -0.1) is 0 Å². The number of hydrogen-bond acceptors (Lipinski definition) is 3. The van der Waals surface area contributed by atoms with Crippen molar-refractivity contribution in [3.05, 3.63) is 65.2 Å². The van der Waals surface area contributed by atoms with Gasteiger partial charge in [-0.3, -0.25) is 9.59 Å². The van der Waals surface area contributed by atoms with Gasteiger partial charge in [0.05, 0.1) is 0 Å². The topological polar surface area (TPSA) is 58.6 Å². The Morgan fingerprint density at radius 1 is 1.06 bits per heavy atom. The van der Waals surface area contributed by atoms with E-state index < -0.39 is 6.04 Å². The molecule has 2 atom stereocenters. The van der Waals surface area contributed by atoms with Crippen molar-refractivity contribution >= 4 is 11.8 Å². The Kier molecular flexibility index (Phi) is 8.88. The Labute approximate surface area is 193 Å². The maximum absolute atomic E-state index is 13.3. The molecule has 0 saturated carbocycles. The van der Waals surface area contributed by atoms with Crippen LogP contribution in [0.2, 0.25) is 0 Å². The molecule has 0 aliphatic carbocycles. The second-order valence-corrected chi connectivity index (χ2v) is 9.54. The molecule has 174 valence electrons.